The summed E-state index contributed by atoms with van der Waals surface area (Å²) < 4.78 is 10.1. The summed E-state index contributed by atoms with van der Waals surface area (Å²) in [6.45, 7) is 4.35. The molecular formula is C26H27N3O4. The van der Waals surface area contributed by atoms with Gasteiger partial charge in [-0.1, -0.05) is 30.3 Å². The molecule has 7 nitrogen and oxygen atoms in total. The minimum Gasteiger partial charge on any atom is -0.465 e. The Labute approximate surface area is 193 Å². The Kier molecular flexibility index (Phi) is 7.22. The largest absolute Gasteiger partial charge is 0.465 e. The van der Waals surface area contributed by atoms with Crippen LogP contribution in [-0.2, 0) is 16.1 Å². The highest BCUT2D eigenvalue weighted by molar-refractivity contribution is 6.04. The summed E-state index contributed by atoms with van der Waals surface area (Å²) in [5, 5.41) is 2.91. The van der Waals surface area contributed by atoms with Gasteiger partial charge in [-0.05, 0) is 42.0 Å². The molecule has 3 aromatic rings. The number of hydrogen-bond acceptors (Lipinski definition) is 6. The molecule has 1 N–H and O–H groups in total. The molecule has 1 aromatic heterocycles. The Morgan fingerprint density at radius 3 is 2.52 bits per heavy atom. The van der Waals surface area contributed by atoms with Crippen molar-refractivity contribution in [3.63, 3.8) is 0 Å². The first-order chi connectivity index (χ1) is 16.1. The summed E-state index contributed by atoms with van der Waals surface area (Å²) in [5.74, 6) is -0.170. The Morgan fingerprint density at radius 1 is 1.03 bits per heavy atom. The van der Waals surface area contributed by atoms with Crippen LogP contribution in [0.2, 0.25) is 0 Å². The molecule has 170 valence electrons. The molecule has 33 heavy (non-hydrogen) atoms. The lowest BCUT2D eigenvalue weighted by Crippen LogP contribution is -2.46. The fourth-order valence-corrected chi connectivity index (χ4v) is 3.86. The van der Waals surface area contributed by atoms with E-state index < -0.39 is 5.97 Å². The lowest BCUT2D eigenvalue weighted by Gasteiger charge is -2.37. The predicted molar refractivity (Wildman–Crippen MR) is 128 cm³/mol. The van der Waals surface area contributed by atoms with E-state index in [-0.39, 0.29) is 5.91 Å². The van der Waals surface area contributed by atoms with Gasteiger partial charge in [-0.25, -0.2) is 4.79 Å². The van der Waals surface area contributed by atoms with Gasteiger partial charge in [-0.15, -0.1) is 0 Å². The van der Waals surface area contributed by atoms with Crippen LogP contribution in [0.5, 0.6) is 0 Å². The van der Waals surface area contributed by atoms with Gasteiger partial charge in [0.25, 0.3) is 0 Å². The maximum absolute atomic E-state index is 12.6. The molecule has 0 saturated carbocycles. The average Bonchev–Trinajstić information content (AvgIpc) is 3.37. The van der Waals surface area contributed by atoms with Gasteiger partial charge in [0.2, 0.25) is 5.91 Å². The molecule has 1 aliphatic rings. The molecule has 0 atom stereocenters. The topological polar surface area (TPSA) is 75.0 Å². The lowest BCUT2D eigenvalue weighted by molar-refractivity contribution is -0.111. The number of nitrogens with one attached hydrogen (secondary N) is 1. The second-order valence-corrected chi connectivity index (χ2v) is 7.81. The minimum absolute atomic E-state index is 0.308. The van der Waals surface area contributed by atoms with Crippen molar-refractivity contribution in [3.8, 4) is 0 Å². The first kappa shape index (κ1) is 22.4. The van der Waals surface area contributed by atoms with E-state index in [1.165, 1.54) is 18.7 Å². The van der Waals surface area contributed by atoms with Crippen molar-refractivity contribution in [2.75, 3.05) is 43.5 Å². The standard InChI is InChI=1S/C26H27N3O4/c1-32-26(31)21-9-11-24(23(18-21)27-25(30)12-10-22-8-5-17-33-22)29-15-13-28(14-16-29)19-20-6-3-2-4-7-20/h2-12,17-18H,13-16,19H2,1H3,(H,27,30)/b12-10+. The zero-order chi connectivity index (χ0) is 23.0. The summed E-state index contributed by atoms with van der Waals surface area (Å²) in [7, 11) is 1.34. The zero-order valence-electron chi connectivity index (χ0n) is 18.6. The molecule has 0 spiro atoms. The Morgan fingerprint density at radius 2 is 1.82 bits per heavy atom. The monoisotopic (exact) mass is 445 g/mol. The second-order valence-electron chi connectivity index (χ2n) is 7.81. The number of anilines is 2. The average molecular weight is 446 g/mol. The molecule has 0 radical (unpaired) electrons. The number of furan rings is 1. The van der Waals surface area contributed by atoms with E-state index in [0.29, 0.717) is 17.0 Å². The number of amides is 1. The summed E-state index contributed by atoms with van der Waals surface area (Å²) in [4.78, 5) is 29.3. The van der Waals surface area contributed by atoms with Crippen LogP contribution in [0.3, 0.4) is 0 Å². The molecule has 0 aliphatic carbocycles. The fourth-order valence-electron chi connectivity index (χ4n) is 3.86. The predicted octanol–water partition coefficient (Wildman–Crippen LogP) is 4.04. The van der Waals surface area contributed by atoms with E-state index in [2.05, 4.69) is 39.4 Å². The number of nitrogens with zero attached hydrogens (tertiary/aromatic N) is 2. The van der Waals surface area contributed by atoms with Crippen LogP contribution in [0.4, 0.5) is 11.4 Å². The number of ether oxygens (including phenoxy) is 1. The van der Waals surface area contributed by atoms with Crippen molar-refractivity contribution in [3.05, 3.63) is 89.9 Å². The maximum Gasteiger partial charge on any atom is 0.337 e. The third-order valence-electron chi connectivity index (χ3n) is 5.58. The molecule has 4 rings (SSSR count). The van der Waals surface area contributed by atoms with E-state index in [9.17, 15) is 9.59 Å². The normalized spacial score (nSPS) is 14.4. The van der Waals surface area contributed by atoms with Crippen molar-refractivity contribution in [1.82, 2.24) is 4.90 Å². The molecule has 1 aliphatic heterocycles. The summed E-state index contributed by atoms with van der Waals surface area (Å²) in [6, 6.07) is 19.2. The van der Waals surface area contributed by atoms with Crippen molar-refractivity contribution in [2.45, 2.75) is 6.54 Å². The van der Waals surface area contributed by atoms with Gasteiger partial charge in [0.15, 0.2) is 0 Å². The number of benzene rings is 2. The van der Waals surface area contributed by atoms with E-state index >= 15 is 0 Å². The van der Waals surface area contributed by atoms with E-state index in [4.69, 9.17) is 9.15 Å². The molecule has 1 fully saturated rings. The van der Waals surface area contributed by atoms with Crippen LogP contribution in [0.15, 0.2) is 77.4 Å². The summed E-state index contributed by atoms with van der Waals surface area (Å²) in [6.07, 6.45) is 4.56. The highest BCUT2D eigenvalue weighted by Gasteiger charge is 2.21. The van der Waals surface area contributed by atoms with Gasteiger partial charge in [0, 0.05) is 38.8 Å². The minimum atomic E-state index is -0.448. The van der Waals surface area contributed by atoms with Gasteiger partial charge in [0.05, 0.1) is 30.3 Å². The third kappa shape index (κ3) is 5.90. The molecule has 7 heteroatoms. The number of carbonyl (C=O) groups excluding carboxylic acids is 2. The Balaban J connectivity index is 1.47. The molecule has 2 aromatic carbocycles. The zero-order valence-corrected chi connectivity index (χ0v) is 18.6. The molecule has 1 amide bonds. The summed E-state index contributed by atoms with van der Waals surface area (Å²) in [5.41, 5.74) is 3.13. The highest BCUT2D eigenvalue weighted by atomic mass is 16.5. The van der Waals surface area contributed by atoms with Crippen molar-refractivity contribution < 1.29 is 18.7 Å². The first-order valence-corrected chi connectivity index (χ1v) is 10.9. The van der Waals surface area contributed by atoms with Crippen LogP contribution < -0.4 is 10.2 Å². The number of carbonyl (C=O) groups is 2. The van der Waals surface area contributed by atoms with Crippen LogP contribution >= 0.6 is 0 Å². The maximum atomic E-state index is 12.6. The number of hydrogen-bond donors (Lipinski definition) is 1. The fraction of sp³-hybridized carbons (Fsp3) is 0.231. The van der Waals surface area contributed by atoms with Crippen LogP contribution in [0.1, 0.15) is 21.7 Å². The van der Waals surface area contributed by atoms with Gasteiger partial charge in [-0.2, -0.15) is 0 Å². The van der Waals surface area contributed by atoms with E-state index in [1.807, 2.05) is 12.1 Å². The molecule has 2 heterocycles. The number of piperazine rings is 1. The van der Waals surface area contributed by atoms with Gasteiger partial charge in [0.1, 0.15) is 5.76 Å². The Bertz CT molecular complexity index is 1100. The van der Waals surface area contributed by atoms with Crippen LogP contribution in [-0.4, -0.2) is 50.1 Å². The molecular weight excluding hydrogens is 418 g/mol. The lowest BCUT2D eigenvalue weighted by atomic mass is 10.1. The van der Waals surface area contributed by atoms with Crippen molar-refractivity contribution >= 4 is 29.3 Å². The summed E-state index contributed by atoms with van der Waals surface area (Å²) >= 11 is 0. The third-order valence-corrected chi connectivity index (χ3v) is 5.58. The number of esters is 1. The number of methoxy groups -OCH3 is 1. The number of rotatable bonds is 7. The molecule has 1 saturated heterocycles. The van der Waals surface area contributed by atoms with Crippen molar-refractivity contribution in [1.29, 1.82) is 0 Å². The van der Waals surface area contributed by atoms with Gasteiger partial charge in [-0.3, -0.25) is 9.69 Å². The van der Waals surface area contributed by atoms with Gasteiger partial charge >= 0.3 is 5.97 Å². The second kappa shape index (κ2) is 10.7. The van der Waals surface area contributed by atoms with Crippen LogP contribution in [0.25, 0.3) is 6.08 Å². The smallest absolute Gasteiger partial charge is 0.337 e. The highest BCUT2D eigenvalue weighted by Crippen LogP contribution is 2.29. The molecule has 0 bridgehead atoms. The van der Waals surface area contributed by atoms with Crippen LogP contribution in [0, 0.1) is 0 Å². The SMILES string of the molecule is COC(=O)c1ccc(N2CCN(Cc3ccccc3)CC2)c(NC(=O)/C=C/c2ccco2)c1. The first-order valence-electron chi connectivity index (χ1n) is 10.9. The quantitative estimate of drug-likeness (QED) is 0.437. The van der Waals surface area contributed by atoms with E-state index in [0.717, 1.165) is 38.4 Å². The van der Waals surface area contributed by atoms with Crippen molar-refractivity contribution in [2.24, 2.45) is 0 Å². The van der Waals surface area contributed by atoms with E-state index in [1.54, 1.807) is 36.6 Å². The van der Waals surface area contributed by atoms with Gasteiger partial charge < -0.3 is 19.4 Å². The molecule has 0 unspecified atom stereocenters. The Hall–Kier alpha value is -3.84.